The second kappa shape index (κ2) is 6.47. The average molecular weight is 279 g/mol. The number of hydrogen-bond acceptors (Lipinski definition) is 4. The van der Waals surface area contributed by atoms with Gasteiger partial charge in [-0.05, 0) is 32.8 Å². The second-order valence-corrected chi connectivity index (χ2v) is 5.49. The number of hydrogen-bond donors (Lipinski definition) is 2. The molecule has 20 heavy (non-hydrogen) atoms. The van der Waals surface area contributed by atoms with Crippen LogP contribution in [0, 0.1) is 10.1 Å². The number of nitrogens with one attached hydrogen (secondary N) is 1. The van der Waals surface area contributed by atoms with Gasteiger partial charge in [0.1, 0.15) is 0 Å². The van der Waals surface area contributed by atoms with E-state index in [0.29, 0.717) is 24.1 Å². The molecule has 6 nitrogen and oxygen atoms in total. The number of rotatable bonds is 6. The van der Waals surface area contributed by atoms with Crippen molar-refractivity contribution in [1.82, 2.24) is 0 Å². The van der Waals surface area contributed by atoms with E-state index in [1.807, 2.05) is 20.8 Å². The van der Waals surface area contributed by atoms with Crippen molar-refractivity contribution in [3.8, 4) is 0 Å². The van der Waals surface area contributed by atoms with E-state index in [1.165, 1.54) is 6.07 Å². The molecule has 0 bridgehead atoms. The van der Waals surface area contributed by atoms with Gasteiger partial charge in [-0.3, -0.25) is 14.9 Å². The molecule has 110 valence electrons. The van der Waals surface area contributed by atoms with Crippen molar-refractivity contribution in [2.75, 3.05) is 5.32 Å². The minimum atomic E-state index is -0.433. The summed E-state index contributed by atoms with van der Waals surface area (Å²) in [6, 6.07) is 4.74. The van der Waals surface area contributed by atoms with Crippen molar-refractivity contribution in [2.45, 2.75) is 45.6 Å². The van der Waals surface area contributed by atoms with Crippen LogP contribution >= 0.6 is 0 Å². The summed E-state index contributed by atoms with van der Waals surface area (Å²) in [5.41, 5.74) is 6.52. The minimum absolute atomic E-state index is 0.0319. The Morgan fingerprint density at radius 3 is 2.60 bits per heavy atom. The van der Waals surface area contributed by atoms with Crippen molar-refractivity contribution in [3.63, 3.8) is 0 Å². The molecular formula is C14H21N3O3. The third-order valence-electron chi connectivity index (χ3n) is 2.94. The van der Waals surface area contributed by atoms with Crippen LogP contribution in [0.15, 0.2) is 18.2 Å². The Balaban J connectivity index is 2.76. The van der Waals surface area contributed by atoms with Crippen molar-refractivity contribution < 1.29 is 9.72 Å². The Morgan fingerprint density at radius 1 is 1.45 bits per heavy atom. The first-order valence-corrected chi connectivity index (χ1v) is 6.59. The van der Waals surface area contributed by atoms with Crippen LogP contribution in [0.1, 0.15) is 39.2 Å². The third kappa shape index (κ3) is 4.97. The Bertz CT molecular complexity index is 507. The molecule has 0 saturated heterocycles. The maximum Gasteiger partial charge on any atom is 0.274 e. The van der Waals surface area contributed by atoms with E-state index in [9.17, 15) is 14.9 Å². The van der Waals surface area contributed by atoms with E-state index in [1.54, 1.807) is 12.1 Å². The number of nitro benzene ring substituents is 1. The molecule has 0 atom stereocenters. The first-order valence-electron chi connectivity index (χ1n) is 6.59. The standard InChI is InChI=1S/C14H21N3O3/c1-4-10-5-6-11(9-12(10)17(19)20)16-13(18)7-8-14(2,3)15/h5-6,9H,4,7-8,15H2,1-3H3,(H,16,18). The molecule has 1 aromatic carbocycles. The van der Waals surface area contributed by atoms with Crippen LogP contribution in [-0.2, 0) is 11.2 Å². The van der Waals surface area contributed by atoms with E-state index in [-0.39, 0.29) is 18.0 Å². The Kier molecular flexibility index (Phi) is 5.21. The maximum atomic E-state index is 11.8. The zero-order chi connectivity index (χ0) is 15.3. The summed E-state index contributed by atoms with van der Waals surface area (Å²) >= 11 is 0. The molecule has 0 aromatic heterocycles. The summed E-state index contributed by atoms with van der Waals surface area (Å²) in [6.07, 6.45) is 1.41. The molecule has 0 aliphatic carbocycles. The summed E-state index contributed by atoms with van der Waals surface area (Å²) in [6.45, 7) is 5.55. The predicted octanol–water partition coefficient (Wildman–Crippen LogP) is 2.61. The van der Waals surface area contributed by atoms with Gasteiger partial charge in [-0.15, -0.1) is 0 Å². The highest BCUT2D eigenvalue weighted by Crippen LogP contribution is 2.24. The lowest BCUT2D eigenvalue weighted by atomic mass is 10.00. The quantitative estimate of drug-likeness (QED) is 0.617. The number of carbonyl (C=O) groups is 1. The maximum absolute atomic E-state index is 11.8. The molecule has 0 fully saturated rings. The van der Waals surface area contributed by atoms with E-state index in [4.69, 9.17) is 5.73 Å². The van der Waals surface area contributed by atoms with Gasteiger partial charge in [0.15, 0.2) is 0 Å². The lowest BCUT2D eigenvalue weighted by Crippen LogP contribution is -2.33. The normalized spacial score (nSPS) is 11.2. The van der Waals surface area contributed by atoms with Gasteiger partial charge < -0.3 is 11.1 Å². The van der Waals surface area contributed by atoms with Gasteiger partial charge in [0.25, 0.3) is 5.69 Å². The van der Waals surface area contributed by atoms with Crippen molar-refractivity contribution in [3.05, 3.63) is 33.9 Å². The van der Waals surface area contributed by atoms with Crippen LogP contribution < -0.4 is 11.1 Å². The van der Waals surface area contributed by atoms with Crippen LogP contribution in [-0.4, -0.2) is 16.4 Å². The molecule has 6 heteroatoms. The SMILES string of the molecule is CCc1ccc(NC(=O)CCC(C)(C)N)cc1[N+](=O)[O-]. The fourth-order valence-corrected chi connectivity index (χ4v) is 1.77. The molecule has 0 spiro atoms. The monoisotopic (exact) mass is 279 g/mol. The average Bonchev–Trinajstić information content (AvgIpc) is 2.35. The molecule has 0 unspecified atom stereocenters. The smallest absolute Gasteiger partial charge is 0.274 e. The van der Waals surface area contributed by atoms with Crippen LogP contribution in [0.4, 0.5) is 11.4 Å². The van der Waals surface area contributed by atoms with Gasteiger partial charge >= 0.3 is 0 Å². The summed E-state index contributed by atoms with van der Waals surface area (Å²) in [4.78, 5) is 22.3. The van der Waals surface area contributed by atoms with Crippen molar-refractivity contribution >= 4 is 17.3 Å². The van der Waals surface area contributed by atoms with Gasteiger partial charge in [0.2, 0.25) is 5.91 Å². The van der Waals surface area contributed by atoms with Gasteiger partial charge in [0, 0.05) is 29.3 Å². The summed E-state index contributed by atoms with van der Waals surface area (Å²) in [5, 5.41) is 13.6. The number of anilines is 1. The zero-order valence-electron chi connectivity index (χ0n) is 12.1. The molecule has 0 saturated carbocycles. The lowest BCUT2D eigenvalue weighted by molar-refractivity contribution is -0.385. The van der Waals surface area contributed by atoms with E-state index in [0.717, 1.165) is 0 Å². The predicted molar refractivity (Wildman–Crippen MR) is 78.6 cm³/mol. The highest BCUT2D eigenvalue weighted by Gasteiger charge is 2.16. The highest BCUT2D eigenvalue weighted by atomic mass is 16.6. The Labute approximate surface area is 118 Å². The Hall–Kier alpha value is -1.95. The zero-order valence-corrected chi connectivity index (χ0v) is 12.1. The highest BCUT2D eigenvalue weighted by molar-refractivity contribution is 5.91. The minimum Gasteiger partial charge on any atom is -0.326 e. The molecule has 0 heterocycles. The molecule has 0 aliphatic rings. The number of benzene rings is 1. The molecule has 1 rings (SSSR count). The molecule has 1 aromatic rings. The summed E-state index contributed by atoms with van der Waals surface area (Å²) < 4.78 is 0. The van der Waals surface area contributed by atoms with E-state index >= 15 is 0 Å². The number of amides is 1. The lowest BCUT2D eigenvalue weighted by Gasteiger charge is -2.17. The van der Waals surface area contributed by atoms with Gasteiger partial charge in [0.05, 0.1) is 4.92 Å². The fraction of sp³-hybridized carbons (Fsp3) is 0.500. The second-order valence-electron chi connectivity index (χ2n) is 5.49. The molecular weight excluding hydrogens is 258 g/mol. The third-order valence-corrected chi connectivity index (χ3v) is 2.94. The summed E-state index contributed by atoms with van der Waals surface area (Å²) in [5.74, 6) is -0.193. The topological polar surface area (TPSA) is 98.3 Å². The number of carbonyl (C=O) groups excluding carboxylic acids is 1. The van der Waals surface area contributed by atoms with Crippen LogP contribution in [0.2, 0.25) is 0 Å². The van der Waals surface area contributed by atoms with Gasteiger partial charge in [-0.1, -0.05) is 13.0 Å². The first-order chi connectivity index (χ1) is 9.23. The first kappa shape index (κ1) is 16.1. The fourth-order valence-electron chi connectivity index (χ4n) is 1.77. The molecule has 0 radical (unpaired) electrons. The van der Waals surface area contributed by atoms with Crippen molar-refractivity contribution in [1.29, 1.82) is 0 Å². The van der Waals surface area contributed by atoms with Gasteiger partial charge in [-0.25, -0.2) is 0 Å². The number of nitro groups is 1. The Morgan fingerprint density at radius 2 is 2.10 bits per heavy atom. The number of nitrogens with two attached hydrogens (primary N) is 1. The molecule has 3 N–H and O–H groups in total. The van der Waals surface area contributed by atoms with Crippen molar-refractivity contribution in [2.24, 2.45) is 5.73 Å². The molecule has 1 amide bonds. The molecule has 0 aliphatic heterocycles. The number of nitrogens with zero attached hydrogens (tertiary/aromatic N) is 1. The number of aryl methyl sites for hydroxylation is 1. The largest absolute Gasteiger partial charge is 0.326 e. The van der Waals surface area contributed by atoms with E-state index in [2.05, 4.69) is 5.32 Å². The summed E-state index contributed by atoms with van der Waals surface area (Å²) in [7, 11) is 0. The van der Waals surface area contributed by atoms with Crippen LogP contribution in [0.5, 0.6) is 0 Å². The van der Waals surface area contributed by atoms with E-state index < -0.39 is 10.5 Å². The van der Waals surface area contributed by atoms with Crippen LogP contribution in [0.3, 0.4) is 0 Å². The van der Waals surface area contributed by atoms with Gasteiger partial charge in [-0.2, -0.15) is 0 Å². The van der Waals surface area contributed by atoms with Crippen LogP contribution in [0.25, 0.3) is 0 Å².